The molecule has 1 saturated heterocycles. The SMILES string of the molecule is Cc1ccc(Nc2c(C(=O)N3CC(O)(CNC4CCc5ccccc54)C3)ccc(F)c2F)c(F)c1. The largest absolute Gasteiger partial charge is 0.385 e. The van der Waals surface area contributed by atoms with E-state index in [9.17, 15) is 23.1 Å². The quantitative estimate of drug-likeness (QED) is 0.481. The van der Waals surface area contributed by atoms with Crippen LogP contribution in [-0.2, 0) is 6.42 Å². The molecule has 3 aromatic rings. The molecule has 1 unspecified atom stereocenters. The van der Waals surface area contributed by atoms with Crippen molar-refractivity contribution in [2.24, 2.45) is 0 Å². The number of carbonyl (C=O) groups excluding carboxylic acids is 1. The first-order valence-corrected chi connectivity index (χ1v) is 11.6. The second-order valence-electron chi connectivity index (χ2n) is 9.45. The van der Waals surface area contributed by atoms with Gasteiger partial charge in [-0.1, -0.05) is 30.3 Å². The van der Waals surface area contributed by atoms with Gasteiger partial charge in [0.25, 0.3) is 5.91 Å². The molecule has 0 bridgehead atoms. The zero-order chi connectivity index (χ0) is 24.7. The van der Waals surface area contributed by atoms with Gasteiger partial charge in [0.1, 0.15) is 11.4 Å². The highest BCUT2D eigenvalue weighted by Gasteiger charge is 2.44. The molecule has 0 spiro atoms. The molecule has 5 rings (SSSR count). The van der Waals surface area contributed by atoms with Crippen molar-refractivity contribution in [3.8, 4) is 0 Å². The molecule has 8 heteroatoms. The molecule has 0 radical (unpaired) electrons. The fourth-order valence-electron chi connectivity index (χ4n) is 4.88. The average Bonchev–Trinajstić information content (AvgIpc) is 3.23. The van der Waals surface area contributed by atoms with Gasteiger partial charge in [0.2, 0.25) is 0 Å². The zero-order valence-electron chi connectivity index (χ0n) is 19.2. The van der Waals surface area contributed by atoms with Gasteiger partial charge in [-0.15, -0.1) is 0 Å². The number of amides is 1. The lowest BCUT2D eigenvalue weighted by molar-refractivity contribution is -0.0798. The van der Waals surface area contributed by atoms with Crippen molar-refractivity contribution < 1.29 is 23.1 Å². The van der Waals surface area contributed by atoms with E-state index in [1.807, 2.05) is 12.1 Å². The van der Waals surface area contributed by atoms with Gasteiger partial charge in [-0.25, -0.2) is 13.2 Å². The number of anilines is 2. The van der Waals surface area contributed by atoms with Crippen molar-refractivity contribution in [3.63, 3.8) is 0 Å². The molecular formula is C27H26F3N3O2. The fraction of sp³-hybridized carbons (Fsp3) is 0.296. The molecule has 2 aliphatic rings. The van der Waals surface area contributed by atoms with Crippen LogP contribution in [0.15, 0.2) is 54.6 Å². The summed E-state index contributed by atoms with van der Waals surface area (Å²) in [7, 11) is 0. The van der Waals surface area contributed by atoms with E-state index >= 15 is 0 Å². The van der Waals surface area contributed by atoms with Gasteiger partial charge in [-0.2, -0.15) is 0 Å². The lowest BCUT2D eigenvalue weighted by Crippen LogP contribution is -2.67. The van der Waals surface area contributed by atoms with Gasteiger partial charge in [-0.3, -0.25) is 4.79 Å². The highest BCUT2D eigenvalue weighted by molar-refractivity contribution is 6.01. The number of likely N-dealkylation sites (tertiary alicyclic amines) is 1. The first-order chi connectivity index (χ1) is 16.7. The topological polar surface area (TPSA) is 64.6 Å². The first-order valence-electron chi connectivity index (χ1n) is 11.6. The summed E-state index contributed by atoms with van der Waals surface area (Å²) in [6.07, 6.45) is 1.92. The Hall–Kier alpha value is -3.36. The summed E-state index contributed by atoms with van der Waals surface area (Å²) in [6.45, 7) is 2.10. The number of fused-ring (bicyclic) bond motifs is 1. The van der Waals surface area contributed by atoms with Crippen LogP contribution in [0.5, 0.6) is 0 Å². The molecular weight excluding hydrogens is 455 g/mol. The number of nitrogens with one attached hydrogen (secondary N) is 2. The number of benzene rings is 3. The Morgan fingerprint density at radius 2 is 1.86 bits per heavy atom. The van der Waals surface area contributed by atoms with Crippen molar-refractivity contribution >= 4 is 17.3 Å². The monoisotopic (exact) mass is 481 g/mol. The molecule has 0 saturated carbocycles. The molecule has 1 heterocycles. The van der Waals surface area contributed by atoms with E-state index in [4.69, 9.17) is 0 Å². The summed E-state index contributed by atoms with van der Waals surface area (Å²) in [6, 6.07) is 14.6. The molecule has 1 aliphatic carbocycles. The van der Waals surface area contributed by atoms with Crippen molar-refractivity contribution in [2.45, 2.75) is 31.4 Å². The van der Waals surface area contributed by atoms with E-state index in [1.54, 1.807) is 13.0 Å². The summed E-state index contributed by atoms with van der Waals surface area (Å²) >= 11 is 0. The minimum Gasteiger partial charge on any atom is -0.385 e. The zero-order valence-corrected chi connectivity index (χ0v) is 19.2. The smallest absolute Gasteiger partial charge is 0.256 e. The number of nitrogens with zero attached hydrogens (tertiary/aromatic N) is 1. The van der Waals surface area contributed by atoms with E-state index in [2.05, 4.69) is 22.8 Å². The average molecular weight is 482 g/mol. The van der Waals surface area contributed by atoms with Crippen LogP contribution in [0.3, 0.4) is 0 Å². The normalized spacial score (nSPS) is 18.2. The molecule has 35 heavy (non-hydrogen) atoms. The van der Waals surface area contributed by atoms with Crippen LogP contribution in [-0.4, -0.2) is 41.1 Å². The van der Waals surface area contributed by atoms with Crippen LogP contribution in [0.2, 0.25) is 0 Å². The van der Waals surface area contributed by atoms with Crippen LogP contribution < -0.4 is 10.6 Å². The maximum absolute atomic E-state index is 14.7. The van der Waals surface area contributed by atoms with Gasteiger partial charge in [0, 0.05) is 12.6 Å². The predicted molar refractivity (Wildman–Crippen MR) is 127 cm³/mol. The number of aliphatic hydroxyl groups is 1. The summed E-state index contributed by atoms with van der Waals surface area (Å²) in [5.41, 5.74) is 1.42. The standard InChI is InChI=1S/C27H26F3N3O2/c1-16-6-10-23(21(29)12-16)32-25-19(8-9-20(28)24(25)30)26(34)33-14-27(35,15-33)13-31-22-11-7-17-4-2-3-5-18(17)22/h2-6,8-10,12,22,31-32,35H,7,11,13-15H2,1H3. The van der Waals surface area contributed by atoms with E-state index < -0.39 is 34.6 Å². The Morgan fingerprint density at radius 3 is 2.63 bits per heavy atom. The van der Waals surface area contributed by atoms with Gasteiger partial charge in [-0.05, 0) is 60.7 Å². The Kier molecular flexibility index (Phi) is 6.02. The van der Waals surface area contributed by atoms with Gasteiger partial charge < -0.3 is 20.6 Å². The van der Waals surface area contributed by atoms with Crippen LogP contribution in [0.4, 0.5) is 24.5 Å². The second-order valence-corrected chi connectivity index (χ2v) is 9.45. The second kappa shape index (κ2) is 9.02. The minimum atomic E-state index is -1.27. The third-order valence-electron chi connectivity index (χ3n) is 6.78. The van der Waals surface area contributed by atoms with Crippen LogP contribution in [0.25, 0.3) is 0 Å². The fourth-order valence-corrected chi connectivity index (χ4v) is 4.88. The summed E-state index contributed by atoms with van der Waals surface area (Å²) in [4.78, 5) is 14.5. The maximum Gasteiger partial charge on any atom is 0.256 e. The van der Waals surface area contributed by atoms with Gasteiger partial charge in [0.05, 0.1) is 30.0 Å². The number of hydrogen-bond acceptors (Lipinski definition) is 4. The first kappa shape index (κ1) is 23.4. The minimum absolute atomic E-state index is 0.0462. The number of aryl methyl sites for hydroxylation is 2. The van der Waals surface area contributed by atoms with E-state index in [1.165, 1.54) is 34.2 Å². The van der Waals surface area contributed by atoms with Crippen LogP contribution >= 0.6 is 0 Å². The molecule has 3 aromatic carbocycles. The molecule has 1 amide bonds. The molecule has 3 N–H and O–H groups in total. The lowest BCUT2D eigenvalue weighted by Gasteiger charge is -2.47. The number of β-amino-alcohol motifs (C(OH)–C–C–N with tert-alkyl or cyclic N) is 1. The molecule has 182 valence electrons. The van der Waals surface area contributed by atoms with E-state index in [0.717, 1.165) is 18.9 Å². The number of hydrogen-bond donors (Lipinski definition) is 3. The summed E-state index contributed by atoms with van der Waals surface area (Å²) < 4.78 is 43.0. The third-order valence-corrected chi connectivity index (χ3v) is 6.78. The van der Waals surface area contributed by atoms with Crippen LogP contribution in [0.1, 0.15) is 39.5 Å². The van der Waals surface area contributed by atoms with Crippen molar-refractivity contribution in [1.82, 2.24) is 10.2 Å². The molecule has 0 aromatic heterocycles. The maximum atomic E-state index is 14.7. The van der Waals surface area contributed by atoms with Gasteiger partial charge >= 0.3 is 0 Å². The number of rotatable bonds is 6. The van der Waals surface area contributed by atoms with Crippen LogP contribution in [0, 0.1) is 24.4 Å². The molecule has 5 nitrogen and oxygen atoms in total. The number of carbonyl (C=O) groups is 1. The summed E-state index contributed by atoms with van der Waals surface area (Å²) in [5, 5.41) is 16.8. The molecule has 1 aliphatic heterocycles. The Morgan fingerprint density at radius 1 is 1.09 bits per heavy atom. The molecule has 1 fully saturated rings. The number of halogens is 3. The van der Waals surface area contributed by atoms with E-state index in [0.29, 0.717) is 12.1 Å². The predicted octanol–water partition coefficient (Wildman–Crippen LogP) is 4.62. The van der Waals surface area contributed by atoms with Gasteiger partial charge in [0.15, 0.2) is 11.6 Å². The van der Waals surface area contributed by atoms with E-state index in [-0.39, 0.29) is 30.4 Å². The van der Waals surface area contributed by atoms with Crippen molar-refractivity contribution in [2.75, 3.05) is 25.0 Å². The third kappa shape index (κ3) is 4.51. The molecule has 1 atom stereocenters. The Balaban J connectivity index is 1.28. The lowest BCUT2D eigenvalue weighted by atomic mass is 9.92. The highest BCUT2D eigenvalue weighted by Crippen LogP contribution is 2.33. The van der Waals surface area contributed by atoms with Crippen molar-refractivity contribution in [1.29, 1.82) is 0 Å². The van der Waals surface area contributed by atoms with Crippen molar-refractivity contribution in [3.05, 3.63) is 94.3 Å². The highest BCUT2D eigenvalue weighted by atomic mass is 19.2. The summed E-state index contributed by atoms with van der Waals surface area (Å²) in [5.74, 6) is -3.65. The Labute approximate surface area is 201 Å². The Bertz CT molecular complexity index is 1290.